The Bertz CT molecular complexity index is 374. The molecule has 0 aliphatic carbocycles. The molecule has 19 heavy (non-hydrogen) atoms. The van der Waals surface area contributed by atoms with E-state index in [1.165, 1.54) is 42.5 Å². The zero-order valence-corrected chi connectivity index (χ0v) is 13.3. The lowest BCUT2D eigenvalue weighted by atomic mass is 9.99. The fourth-order valence-electron chi connectivity index (χ4n) is 2.60. The van der Waals surface area contributed by atoms with E-state index in [-0.39, 0.29) is 0 Å². The van der Waals surface area contributed by atoms with Gasteiger partial charge in [0.05, 0.1) is 0 Å². The summed E-state index contributed by atoms with van der Waals surface area (Å²) in [5.74, 6) is 0. The lowest BCUT2D eigenvalue weighted by molar-refractivity contribution is 0.290. The Morgan fingerprint density at radius 1 is 1.21 bits per heavy atom. The van der Waals surface area contributed by atoms with Crippen molar-refractivity contribution in [2.45, 2.75) is 46.1 Å². The zero-order chi connectivity index (χ0) is 14.3. The summed E-state index contributed by atoms with van der Waals surface area (Å²) in [6.45, 7) is 8.89. The minimum atomic E-state index is 0.423. The first-order chi connectivity index (χ1) is 9.08. The van der Waals surface area contributed by atoms with Gasteiger partial charge < -0.3 is 10.2 Å². The monoisotopic (exact) mass is 262 g/mol. The van der Waals surface area contributed by atoms with Gasteiger partial charge in [0.2, 0.25) is 0 Å². The van der Waals surface area contributed by atoms with E-state index < -0.39 is 0 Å². The number of nitrogens with zero attached hydrogens (tertiary/aromatic N) is 1. The number of likely N-dealkylation sites (N-methyl/N-ethyl adjacent to an activating group) is 2. The van der Waals surface area contributed by atoms with Gasteiger partial charge in [0, 0.05) is 12.6 Å². The third-order valence-electron chi connectivity index (χ3n) is 3.79. The number of hydrogen-bond acceptors (Lipinski definition) is 2. The molecular weight excluding hydrogens is 232 g/mol. The smallest absolute Gasteiger partial charge is 0.0449 e. The van der Waals surface area contributed by atoms with Crippen LogP contribution in [0.2, 0.25) is 0 Å². The quantitative estimate of drug-likeness (QED) is 0.719. The van der Waals surface area contributed by atoms with Crippen molar-refractivity contribution in [3.63, 3.8) is 0 Å². The van der Waals surface area contributed by atoms with Crippen LogP contribution in [0.5, 0.6) is 0 Å². The summed E-state index contributed by atoms with van der Waals surface area (Å²) in [5, 5.41) is 3.46. The van der Waals surface area contributed by atoms with Crippen molar-refractivity contribution in [1.29, 1.82) is 0 Å². The SMILES string of the molecule is CCCCCN(C)CC(NC)c1ccc(C)cc1C. The summed E-state index contributed by atoms with van der Waals surface area (Å²) >= 11 is 0. The molecule has 0 saturated heterocycles. The highest BCUT2D eigenvalue weighted by atomic mass is 15.1. The van der Waals surface area contributed by atoms with Crippen LogP contribution in [0.1, 0.15) is 48.9 Å². The van der Waals surface area contributed by atoms with E-state index in [0.29, 0.717) is 6.04 Å². The van der Waals surface area contributed by atoms with Crippen LogP contribution >= 0.6 is 0 Å². The van der Waals surface area contributed by atoms with Gasteiger partial charge in [-0.15, -0.1) is 0 Å². The molecule has 0 spiro atoms. The molecule has 0 radical (unpaired) electrons. The molecule has 1 atom stereocenters. The standard InChI is InChI=1S/C17H30N2/c1-6-7-8-11-19(5)13-17(18-4)16-10-9-14(2)12-15(16)3/h9-10,12,17-18H,6-8,11,13H2,1-5H3. The molecule has 0 bridgehead atoms. The Morgan fingerprint density at radius 3 is 2.53 bits per heavy atom. The lowest BCUT2D eigenvalue weighted by Gasteiger charge is -2.25. The van der Waals surface area contributed by atoms with E-state index in [4.69, 9.17) is 0 Å². The molecule has 1 unspecified atom stereocenters. The third-order valence-corrected chi connectivity index (χ3v) is 3.79. The molecule has 2 nitrogen and oxygen atoms in total. The van der Waals surface area contributed by atoms with E-state index >= 15 is 0 Å². The molecule has 1 rings (SSSR count). The second-order valence-electron chi connectivity index (χ2n) is 5.67. The summed E-state index contributed by atoms with van der Waals surface area (Å²) in [6.07, 6.45) is 3.93. The largest absolute Gasteiger partial charge is 0.312 e. The van der Waals surface area contributed by atoms with Crippen LogP contribution in [-0.2, 0) is 0 Å². The molecule has 1 N–H and O–H groups in total. The van der Waals surface area contributed by atoms with E-state index in [9.17, 15) is 0 Å². The number of rotatable bonds is 8. The highest BCUT2D eigenvalue weighted by molar-refractivity contribution is 5.33. The van der Waals surface area contributed by atoms with Gasteiger partial charge in [-0.1, -0.05) is 43.5 Å². The normalized spacial score (nSPS) is 12.9. The van der Waals surface area contributed by atoms with Crippen LogP contribution in [0.3, 0.4) is 0 Å². The molecule has 0 aliphatic heterocycles. The van der Waals surface area contributed by atoms with Crippen molar-refractivity contribution in [3.05, 3.63) is 34.9 Å². The predicted molar refractivity (Wildman–Crippen MR) is 84.7 cm³/mol. The van der Waals surface area contributed by atoms with Crippen LogP contribution in [0.15, 0.2) is 18.2 Å². The molecule has 0 fully saturated rings. The van der Waals surface area contributed by atoms with E-state index in [1.807, 2.05) is 0 Å². The molecule has 0 amide bonds. The summed E-state index contributed by atoms with van der Waals surface area (Å²) in [6, 6.07) is 7.18. The van der Waals surface area contributed by atoms with Crippen molar-refractivity contribution >= 4 is 0 Å². The van der Waals surface area contributed by atoms with Crippen molar-refractivity contribution in [1.82, 2.24) is 10.2 Å². The van der Waals surface area contributed by atoms with Crippen LogP contribution in [0, 0.1) is 13.8 Å². The third kappa shape index (κ3) is 5.33. The summed E-state index contributed by atoms with van der Waals surface area (Å²) < 4.78 is 0. The average Bonchev–Trinajstić information content (AvgIpc) is 2.37. The summed E-state index contributed by atoms with van der Waals surface area (Å²) in [5.41, 5.74) is 4.16. The zero-order valence-electron chi connectivity index (χ0n) is 13.3. The summed E-state index contributed by atoms with van der Waals surface area (Å²) in [7, 11) is 4.29. The Labute approximate surface area is 119 Å². The number of hydrogen-bond donors (Lipinski definition) is 1. The Hall–Kier alpha value is -0.860. The van der Waals surface area contributed by atoms with Crippen molar-refractivity contribution < 1.29 is 0 Å². The van der Waals surface area contributed by atoms with Crippen LogP contribution < -0.4 is 5.32 Å². The first kappa shape index (κ1) is 16.2. The van der Waals surface area contributed by atoms with Crippen molar-refractivity contribution in [2.24, 2.45) is 0 Å². The van der Waals surface area contributed by atoms with E-state index in [2.05, 4.69) is 63.3 Å². The van der Waals surface area contributed by atoms with Crippen LogP contribution in [0.4, 0.5) is 0 Å². The summed E-state index contributed by atoms with van der Waals surface area (Å²) in [4.78, 5) is 2.44. The Balaban J connectivity index is 2.62. The van der Waals surface area contributed by atoms with Crippen molar-refractivity contribution in [3.8, 4) is 0 Å². The van der Waals surface area contributed by atoms with E-state index in [0.717, 1.165) is 6.54 Å². The molecule has 0 saturated carbocycles. The van der Waals surface area contributed by atoms with E-state index in [1.54, 1.807) is 0 Å². The molecular formula is C17H30N2. The number of benzene rings is 1. The van der Waals surface area contributed by atoms with Crippen molar-refractivity contribution in [2.75, 3.05) is 27.2 Å². The van der Waals surface area contributed by atoms with Gasteiger partial charge >= 0.3 is 0 Å². The molecule has 1 aromatic carbocycles. The minimum Gasteiger partial charge on any atom is -0.312 e. The highest BCUT2D eigenvalue weighted by Crippen LogP contribution is 2.19. The van der Waals surface area contributed by atoms with Gasteiger partial charge in [-0.2, -0.15) is 0 Å². The molecule has 2 heteroatoms. The Kier molecular flexibility index (Phi) is 7.11. The number of aryl methyl sites for hydroxylation is 2. The first-order valence-electron chi connectivity index (χ1n) is 7.51. The number of unbranched alkanes of at least 4 members (excludes halogenated alkanes) is 2. The lowest BCUT2D eigenvalue weighted by Crippen LogP contribution is -2.32. The average molecular weight is 262 g/mol. The van der Waals surface area contributed by atoms with Gasteiger partial charge in [-0.3, -0.25) is 0 Å². The first-order valence-corrected chi connectivity index (χ1v) is 7.51. The molecule has 0 aliphatic rings. The van der Waals surface area contributed by atoms with Crippen LogP contribution in [0.25, 0.3) is 0 Å². The maximum Gasteiger partial charge on any atom is 0.0449 e. The minimum absolute atomic E-state index is 0.423. The van der Waals surface area contributed by atoms with Gasteiger partial charge in [0.15, 0.2) is 0 Å². The maximum atomic E-state index is 3.46. The second kappa shape index (κ2) is 8.34. The Morgan fingerprint density at radius 2 is 1.95 bits per heavy atom. The fourth-order valence-corrected chi connectivity index (χ4v) is 2.60. The van der Waals surface area contributed by atoms with Gasteiger partial charge in [-0.05, 0) is 52.0 Å². The predicted octanol–water partition coefficient (Wildman–Crippen LogP) is 3.69. The highest BCUT2D eigenvalue weighted by Gasteiger charge is 2.13. The van der Waals surface area contributed by atoms with Gasteiger partial charge in [0.1, 0.15) is 0 Å². The molecule has 1 aromatic rings. The topological polar surface area (TPSA) is 15.3 Å². The molecule has 0 aromatic heterocycles. The molecule has 108 valence electrons. The van der Waals surface area contributed by atoms with Gasteiger partial charge in [0.25, 0.3) is 0 Å². The maximum absolute atomic E-state index is 3.46. The second-order valence-corrected chi connectivity index (χ2v) is 5.67. The van der Waals surface area contributed by atoms with Crippen LogP contribution in [-0.4, -0.2) is 32.1 Å². The fraction of sp³-hybridized carbons (Fsp3) is 0.647. The van der Waals surface area contributed by atoms with Gasteiger partial charge in [-0.25, -0.2) is 0 Å². The molecule has 0 heterocycles. The number of nitrogens with one attached hydrogen (secondary N) is 1.